The van der Waals surface area contributed by atoms with Gasteiger partial charge < -0.3 is 4.74 Å². The molecule has 0 heterocycles. The molecule has 0 saturated carbocycles. The van der Waals surface area contributed by atoms with Crippen molar-refractivity contribution < 1.29 is 18.8 Å². The number of nitro groups is 1. The fourth-order valence-electron chi connectivity index (χ4n) is 1.24. The lowest BCUT2D eigenvalue weighted by Crippen LogP contribution is -2.01. The van der Waals surface area contributed by atoms with E-state index in [-0.39, 0.29) is 18.1 Å². The molecular weight excluding hydrogens is 261 g/mol. The lowest BCUT2D eigenvalue weighted by molar-refractivity contribution is -0.385. The Hall–Kier alpha value is -1.63. The number of hydrogen-bond acceptors (Lipinski definition) is 5. The van der Waals surface area contributed by atoms with Crippen LogP contribution < -0.4 is 0 Å². The molecule has 5 nitrogen and oxygen atoms in total. The number of halogens is 1. The van der Waals surface area contributed by atoms with Crippen LogP contribution in [-0.2, 0) is 9.53 Å². The van der Waals surface area contributed by atoms with Crippen LogP contribution in [0.25, 0.3) is 0 Å². The molecule has 0 bridgehead atoms. The predicted molar refractivity (Wildman–Crippen MR) is 65.1 cm³/mol. The summed E-state index contributed by atoms with van der Waals surface area (Å²) in [6.45, 7) is 1.54. The van der Waals surface area contributed by atoms with Gasteiger partial charge in [0, 0.05) is 16.7 Å². The highest BCUT2D eigenvalue weighted by molar-refractivity contribution is 7.99. The average Bonchev–Trinajstić information content (AvgIpc) is 2.33. The van der Waals surface area contributed by atoms with Crippen LogP contribution in [0.15, 0.2) is 17.0 Å². The van der Waals surface area contributed by atoms with Crippen LogP contribution in [0.4, 0.5) is 10.1 Å². The SMILES string of the molecule is COC(=O)CCSc1cc([N+](=O)[O-])cc(F)c1C. The molecule has 0 N–H and O–H groups in total. The smallest absolute Gasteiger partial charge is 0.306 e. The van der Waals surface area contributed by atoms with Crippen molar-refractivity contribution in [1.82, 2.24) is 0 Å². The minimum absolute atomic E-state index is 0.172. The van der Waals surface area contributed by atoms with Crippen molar-refractivity contribution in [3.05, 3.63) is 33.6 Å². The molecule has 0 spiro atoms. The van der Waals surface area contributed by atoms with E-state index in [0.717, 1.165) is 6.07 Å². The van der Waals surface area contributed by atoms with Crippen LogP contribution in [0.3, 0.4) is 0 Å². The summed E-state index contributed by atoms with van der Waals surface area (Å²) in [5.74, 6) is -0.607. The summed E-state index contributed by atoms with van der Waals surface area (Å²) in [6, 6.07) is 2.19. The highest BCUT2D eigenvalue weighted by atomic mass is 32.2. The summed E-state index contributed by atoms with van der Waals surface area (Å²) < 4.78 is 17.9. The molecule has 0 aliphatic heterocycles. The number of carbonyl (C=O) groups is 1. The van der Waals surface area contributed by atoms with Crippen LogP contribution in [-0.4, -0.2) is 23.8 Å². The number of carbonyl (C=O) groups excluding carboxylic acids is 1. The molecule has 1 aromatic rings. The summed E-state index contributed by atoms with van der Waals surface area (Å²) in [5.41, 5.74) is 0.0501. The van der Waals surface area contributed by atoms with E-state index in [9.17, 15) is 19.3 Å². The standard InChI is InChI=1S/C11H12FNO4S/c1-7-9(12)5-8(13(15)16)6-10(7)18-4-3-11(14)17-2/h5-6H,3-4H2,1-2H3. The molecule has 0 atom stereocenters. The molecule has 1 aromatic carbocycles. The number of methoxy groups -OCH3 is 1. The zero-order valence-corrected chi connectivity index (χ0v) is 10.8. The van der Waals surface area contributed by atoms with Crippen LogP contribution in [0, 0.1) is 22.9 Å². The van der Waals surface area contributed by atoms with Crippen molar-refractivity contribution in [2.24, 2.45) is 0 Å². The Morgan fingerprint density at radius 2 is 2.22 bits per heavy atom. The fraction of sp³-hybridized carbons (Fsp3) is 0.364. The van der Waals surface area contributed by atoms with Gasteiger partial charge in [0.05, 0.1) is 24.5 Å². The maximum absolute atomic E-state index is 13.4. The molecule has 0 fully saturated rings. The van der Waals surface area contributed by atoms with Crippen molar-refractivity contribution >= 4 is 23.4 Å². The van der Waals surface area contributed by atoms with E-state index in [1.165, 1.54) is 24.9 Å². The topological polar surface area (TPSA) is 69.4 Å². The van der Waals surface area contributed by atoms with Gasteiger partial charge in [-0.05, 0) is 12.5 Å². The van der Waals surface area contributed by atoms with Crippen LogP contribution in [0.5, 0.6) is 0 Å². The maximum Gasteiger partial charge on any atom is 0.306 e. The lowest BCUT2D eigenvalue weighted by Gasteiger charge is -2.06. The highest BCUT2D eigenvalue weighted by Gasteiger charge is 2.14. The van der Waals surface area contributed by atoms with Crippen LogP contribution >= 0.6 is 11.8 Å². The molecular formula is C11H12FNO4S. The first-order valence-corrected chi connectivity index (χ1v) is 6.08. The van der Waals surface area contributed by atoms with Gasteiger partial charge in [-0.25, -0.2) is 4.39 Å². The number of nitrogens with zero attached hydrogens (tertiary/aromatic N) is 1. The van der Waals surface area contributed by atoms with E-state index in [0.29, 0.717) is 16.2 Å². The molecule has 0 amide bonds. The Bertz CT molecular complexity index is 478. The summed E-state index contributed by atoms with van der Waals surface area (Å²) >= 11 is 1.19. The third-order valence-corrected chi connectivity index (χ3v) is 3.43. The van der Waals surface area contributed by atoms with E-state index >= 15 is 0 Å². The first kappa shape index (κ1) is 14.4. The molecule has 0 aliphatic rings. The zero-order chi connectivity index (χ0) is 13.7. The fourth-order valence-corrected chi connectivity index (χ4v) is 2.25. The summed E-state index contributed by atoms with van der Waals surface area (Å²) in [4.78, 5) is 21.3. The third kappa shape index (κ3) is 3.69. The van der Waals surface area contributed by atoms with Gasteiger partial charge in [0.25, 0.3) is 5.69 Å². The maximum atomic E-state index is 13.4. The van der Waals surface area contributed by atoms with Gasteiger partial charge in [0.15, 0.2) is 0 Å². The van der Waals surface area contributed by atoms with Gasteiger partial charge in [-0.2, -0.15) is 0 Å². The van der Waals surface area contributed by atoms with Crippen LogP contribution in [0.2, 0.25) is 0 Å². The molecule has 98 valence electrons. The first-order valence-electron chi connectivity index (χ1n) is 5.10. The van der Waals surface area contributed by atoms with Crippen molar-refractivity contribution in [2.75, 3.05) is 12.9 Å². The Morgan fingerprint density at radius 3 is 2.78 bits per heavy atom. The number of benzene rings is 1. The van der Waals surface area contributed by atoms with E-state index in [4.69, 9.17) is 0 Å². The summed E-state index contributed by atoms with van der Waals surface area (Å²) in [6.07, 6.45) is 0.172. The van der Waals surface area contributed by atoms with E-state index in [1.54, 1.807) is 6.92 Å². The van der Waals surface area contributed by atoms with Crippen molar-refractivity contribution in [3.8, 4) is 0 Å². The van der Waals surface area contributed by atoms with E-state index < -0.39 is 10.7 Å². The second kappa shape index (κ2) is 6.34. The molecule has 0 aromatic heterocycles. The number of ether oxygens (including phenoxy) is 1. The Morgan fingerprint density at radius 1 is 1.56 bits per heavy atom. The summed E-state index contributed by atoms with van der Waals surface area (Å²) in [7, 11) is 1.28. The first-order chi connectivity index (χ1) is 8.45. The van der Waals surface area contributed by atoms with E-state index in [1.807, 2.05) is 0 Å². The minimum atomic E-state index is -0.646. The normalized spacial score (nSPS) is 10.2. The second-order valence-corrected chi connectivity index (χ2v) is 4.62. The van der Waals surface area contributed by atoms with Gasteiger partial charge >= 0.3 is 5.97 Å². The van der Waals surface area contributed by atoms with Crippen molar-refractivity contribution in [3.63, 3.8) is 0 Å². The Kier molecular flexibility index (Phi) is 5.08. The monoisotopic (exact) mass is 273 g/mol. The molecule has 18 heavy (non-hydrogen) atoms. The van der Waals surface area contributed by atoms with Gasteiger partial charge in [-0.1, -0.05) is 0 Å². The van der Waals surface area contributed by atoms with E-state index in [2.05, 4.69) is 4.74 Å². The minimum Gasteiger partial charge on any atom is -0.469 e. The number of non-ortho nitro benzene ring substituents is 1. The van der Waals surface area contributed by atoms with Gasteiger partial charge in [0.1, 0.15) is 5.82 Å². The number of nitro benzene ring substituents is 1. The number of esters is 1. The molecule has 0 radical (unpaired) electrons. The van der Waals surface area contributed by atoms with Gasteiger partial charge in [-0.3, -0.25) is 14.9 Å². The highest BCUT2D eigenvalue weighted by Crippen LogP contribution is 2.29. The summed E-state index contributed by atoms with van der Waals surface area (Å²) in [5, 5.41) is 10.6. The Labute approximate surface area is 107 Å². The second-order valence-electron chi connectivity index (χ2n) is 3.48. The van der Waals surface area contributed by atoms with Crippen molar-refractivity contribution in [2.45, 2.75) is 18.2 Å². The molecule has 0 aliphatic carbocycles. The quantitative estimate of drug-likeness (QED) is 0.357. The van der Waals surface area contributed by atoms with Gasteiger partial charge in [0.2, 0.25) is 0 Å². The van der Waals surface area contributed by atoms with Gasteiger partial charge in [-0.15, -0.1) is 11.8 Å². The van der Waals surface area contributed by atoms with Crippen LogP contribution in [0.1, 0.15) is 12.0 Å². The molecule has 0 unspecified atom stereocenters. The number of thioether (sulfide) groups is 1. The number of hydrogen-bond donors (Lipinski definition) is 0. The average molecular weight is 273 g/mol. The largest absolute Gasteiger partial charge is 0.469 e. The molecule has 7 heteroatoms. The predicted octanol–water partition coefficient (Wildman–Crippen LogP) is 2.70. The molecule has 1 rings (SSSR count). The molecule has 0 saturated heterocycles. The Balaban J connectivity index is 2.81. The third-order valence-electron chi connectivity index (χ3n) is 2.28. The lowest BCUT2D eigenvalue weighted by atomic mass is 10.2. The van der Waals surface area contributed by atoms with Crippen molar-refractivity contribution in [1.29, 1.82) is 0 Å². The number of rotatable bonds is 5. The zero-order valence-electron chi connectivity index (χ0n) is 9.94.